The van der Waals surface area contributed by atoms with Gasteiger partial charge in [-0.3, -0.25) is 4.79 Å². The van der Waals surface area contributed by atoms with Crippen LogP contribution in [-0.4, -0.2) is 18.0 Å². The molecule has 26 heavy (non-hydrogen) atoms. The summed E-state index contributed by atoms with van der Waals surface area (Å²) in [6.45, 7) is 1.96. The van der Waals surface area contributed by atoms with Crippen molar-refractivity contribution in [1.29, 1.82) is 0 Å². The monoisotopic (exact) mass is 384 g/mol. The first-order chi connectivity index (χ1) is 12.6. The van der Waals surface area contributed by atoms with E-state index < -0.39 is 0 Å². The summed E-state index contributed by atoms with van der Waals surface area (Å²) in [5, 5.41) is 4.12. The van der Waals surface area contributed by atoms with Crippen molar-refractivity contribution < 1.29 is 9.53 Å². The van der Waals surface area contributed by atoms with Gasteiger partial charge in [0.25, 0.3) is 5.91 Å². The number of nitrogens with one attached hydrogen (secondary N) is 1. The van der Waals surface area contributed by atoms with Gasteiger partial charge in [0.05, 0.1) is 23.4 Å². The Balaban J connectivity index is 1.89. The van der Waals surface area contributed by atoms with Crippen LogP contribution in [0.3, 0.4) is 0 Å². The summed E-state index contributed by atoms with van der Waals surface area (Å²) in [5.74, 6) is 0.352. The number of nitrogens with zero attached hydrogens (tertiary/aromatic N) is 1. The minimum atomic E-state index is -0.253. The number of rotatable bonds is 5. The van der Waals surface area contributed by atoms with E-state index in [1.165, 1.54) is 11.8 Å². The third-order valence-electron chi connectivity index (χ3n) is 3.66. The van der Waals surface area contributed by atoms with Crippen molar-refractivity contribution in [3.8, 4) is 5.75 Å². The van der Waals surface area contributed by atoms with Gasteiger partial charge in [-0.25, -0.2) is 4.98 Å². The minimum Gasteiger partial charge on any atom is -0.495 e. The highest BCUT2D eigenvalue weighted by atomic mass is 35.5. The molecule has 3 rings (SSSR count). The molecule has 0 saturated carbocycles. The van der Waals surface area contributed by atoms with E-state index >= 15 is 0 Å². The molecule has 132 valence electrons. The molecule has 0 bridgehead atoms. The van der Waals surface area contributed by atoms with E-state index in [4.69, 9.17) is 16.3 Å². The second kappa shape index (κ2) is 8.25. The molecule has 0 aliphatic carbocycles. The normalized spacial score (nSPS) is 10.4. The predicted molar refractivity (Wildman–Crippen MR) is 105 cm³/mol. The number of aromatic nitrogens is 1. The van der Waals surface area contributed by atoms with Crippen LogP contribution in [0.25, 0.3) is 0 Å². The number of benzene rings is 2. The number of methoxy groups -OCH3 is 1. The van der Waals surface area contributed by atoms with Crippen LogP contribution in [0, 0.1) is 6.92 Å². The molecule has 0 radical (unpaired) electrons. The number of pyridine rings is 1. The summed E-state index contributed by atoms with van der Waals surface area (Å²) in [4.78, 5) is 18.0. The molecule has 0 aliphatic rings. The van der Waals surface area contributed by atoms with Crippen molar-refractivity contribution in [2.45, 2.75) is 16.8 Å². The van der Waals surface area contributed by atoms with Crippen LogP contribution in [0.5, 0.6) is 5.75 Å². The highest BCUT2D eigenvalue weighted by molar-refractivity contribution is 7.99. The van der Waals surface area contributed by atoms with Gasteiger partial charge in [-0.15, -0.1) is 0 Å². The molecule has 0 atom stereocenters. The Labute approximate surface area is 161 Å². The maximum absolute atomic E-state index is 12.8. The molecule has 3 aromatic rings. The number of carbonyl (C=O) groups is 1. The average molecular weight is 385 g/mol. The Morgan fingerprint density at radius 2 is 1.96 bits per heavy atom. The Kier molecular flexibility index (Phi) is 5.81. The highest BCUT2D eigenvalue weighted by Gasteiger charge is 2.16. The average Bonchev–Trinajstić information content (AvgIpc) is 2.64. The van der Waals surface area contributed by atoms with Crippen LogP contribution in [0.2, 0.25) is 5.02 Å². The van der Waals surface area contributed by atoms with E-state index in [0.29, 0.717) is 27.0 Å². The van der Waals surface area contributed by atoms with E-state index in [1.54, 1.807) is 25.4 Å². The quantitative estimate of drug-likeness (QED) is 0.635. The fourth-order valence-corrected chi connectivity index (χ4v) is 3.54. The van der Waals surface area contributed by atoms with Crippen LogP contribution in [0.1, 0.15) is 15.9 Å². The molecular formula is C20H17ClN2O2S. The molecular weight excluding hydrogens is 368 g/mol. The largest absolute Gasteiger partial charge is 0.495 e. The van der Waals surface area contributed by atoms with Gasteiger partial charge in [0, 0.05) is 11.1 Å². The van der Waals surface area contributed by atoms with Gasteiger partial charge < -0.3 is 10.1 Å². The molecule has 1 heterocycles. The number of anilines is 1. The summed E-state index contributed by atoms with van der Waals surface area (Å²) in [5.41, 5.74) is 2.12. The number of carbonyl (C=O) groups excluding carboxylic acids is 1. The second-order valence-electron chi connectivity index (χ2n) is 5.55. The van der Waals surface area contributed by atoms with Gasteiger partial charge in [0.2, 0.25) is 0 Å². The number of aryl methyl sites for hydroxylation is 1. The SMILES string of the molecule is COc1ccc(C)cc1NC(=O)c1cccnc1Sc1ccccc1Cl. The lowest BCUT2D eigenvalue weighted by molar-refractivity contribution is 0.102. The lowest BCUT2D eigenvalue weighted by Crippen LogP contribution is -2.14. The van der Waals surface area contributed by atoms with Gasteiger partial charge >= 0.3 is 0 Å². The van der Waals surface area contributed by atoms with E-state index in [9.17, 15) is 4.79 Å². The number of ether oxygens (including phenoxy) is 1. The smallest absolute Gasteiger partial charge is 0.258 e. The second-order valence-corrected chi connectivity index (χ2v) is 6.98. The molecule has 0 spiro atoms. The molecule has 0 fully saturated rings. The number of hydrogen-bond acceptors (Lipinski definition) is 4. The molecule has 1 N–H and O–H groups in total. The van der Waals surface area contributed by atoms with Crippen molar-refractivity contribution in [2.24, 2.45) is 0 Å². The molecule has 0 saturated heterocycles. The minimum absolute atomic E-state index is 0.253. The molecule has 2 aromatic carbocycles. The Morgan fingerprint density at radius 1 is 1.15 bits per heavy atom. The maximum Gasteiger partial charge on any atom is 0.258 e. The van der Waals surface area contributed by atoms with E-state index in [1.807, 2.05) is 49.4 Å². The first kappa shape index (κ1) is 18.3. The Bertz CT molecular complexity index is 947. The van der Waals surface area contributed by atoms with Gasteiger partial charge in [-0.2, -0.15) is 0 Å². The van der Waals surface area contributed by atoms with E-state index in [0.717, 1.165) is 10.5 Å². The number of hydrogen-bond donors (Lipinski definition) is 1. The summed E-state index contributed by atoms with van der Waals surface area (Å²) >= 11 is 7.58. The maximum atomic E-state index is 12.8. The Morgan fingerprint density at radius 3 is 2.73 bits per heavy atom. The van der Waals surface area contributed by atoms with E-state index in [-0.39, 0.29) is 5.91 Å². The first-order valence-corrected chi connectivity index (χ1v) is 9.11. The fourth-order valence-electron chi connectivity index (χ4n) is 2.39. The lowest BCUT2D eigenvalue weighted by atomic mass is 10.2. The molecule has 0 unspecified atom stereocenters. The Hall–Kier alpha value is -2.50. The van der Waals surface area contributed by atoms with Gasteiger partial charge in [0.15, 0.2) is 0 Å². The van der Waals surface area contributed by atoms with E-state index in [2.05, 4.69) is 10.3 Å². The molecule has 4 nitrogen and oxygen atoms in total. The summed E-state index contributed by atoms with van der Waals surface area (Å²) < 4.78 is 5.33. The third-order valence-corrected chi connectivity index (χ3v) is 5.20. The highest BCUT2D eigenvalue weighted by Crippen LogP contribution is 2.34. The van der Waals surface area contributed by atoms with Crippen LogP contribution >= 0.6 is 23.4 Å². The zero-order valence-electron chi connectivity index (χ0n) is 14.3. The third kappa shape index (κ3) is 4.18. The fraction of sp³-hybridized carbons (Fsp3) is 0.100. The van der Waals surface area contributed by atoms with Crippen LogP contribution in [0.15, 0.2) is 70.7 Å². The lowest BCUT2D eigenvalue weighted by Gasteiger charge is -2.13. The predicted octanol–water partition coefficient (Wildman–Crippen LogP) is 5.46. The molecule has 0 aliphatic heterocycles. The van der Waals surface area contributed by atoms with Crippen molar-refractivity contribution in [1.82, 2.24) is 4.98 Å². The van der Waals surface area contributed by atoms with Crippen molar-refractivity contribution in [3.05, 3.63) is 76.9 Å². The number of halogens is 1. The van der Waals surface area contributed by atoms with Crippen LogP contribution in [0.4, 0.5) is 5.69 Å². The first-order valence-electron chi connectivity index (χ1n) is 7.92. The molecule has 6 heteroatoms. The van der Waals surface area contributed by atoms with Crippen LogP contribution in [-0.2, 0) is 0 Å². The summed E-state index contributed by atoms with van der Waals surface area (Å²) in [7, 11) is 1.57. The molecule has 1 aromatic heterocycles. The van der Waals surface area contributed by atoms with Crippen molar-refractivity contribution in [3.63, 3.8) is 0 Å². The topological polar surface area (TPSA) is 51.2 Å². The standard InChI is InChI=1S/C20H17ClN2O2S/c1-13-9-10-17(25-2)16(12-13)23-19(24)14-6-5-11-22-20(14)26-18-8-4-3-7-15(18)21/h3-12H,1-2H3,(H,23,24). The van der Waals surface area contributed by atoms with Gasteiger partial charge in [-0.1, -0.05) is 41.6 Å². The van der Waals surface area contributed by atoms with Crippen molar-refractivity contribution >= 4 is 35.0 Å². The van der Waals surface area contributed by atoms with Crippen molar-refractivity contribution in [2.75, 3.05) is 12.4 Å². The summed E-state index contributed by atoms with van der Waals surface area (Å²) in [6.07, 6.45) is 1.66. The van der Waals surface area contributed by atoms with Gasteiger partial charge in [0.1, 0.15) is 10.8 Å². The zero-order chi connectivity index (χ0) is 18.5. The zero-order valence-corrected chi connectivity index (χ0v) is 15.9. The molecule has 1 amide bonds. The van der Waals surface area contributed by atoms with Crippen LogP contribution < -0.4 is 10.1 Å². The number of amides is 1. The summed E-state index contributed by atoms with van der Waals surface area (Å²) in [6, 6.07) is 16.6. The van der Waals surface area contributed by atoms with Gasteiger partial charge in [-0.05, 0) is 48.9 Å².